The highest BCUT2D eigenvalue weighted by molar-refractivity contribution is 7.92. The summed E-state index contributed by atoms with van der Waals surface area (Å²) in [7, 11) is -4.61. The van der Waals surface area contributed by atoms with E-state index in [1.54, 1.807) is 0 Å². The highest BCUT2D eigenvalue weighted by atomic mass is 32.2. The molecule has 3 atom stereocenters. The van der Waals surface area contributed by atoms with E-state index in [1.807, 2.05) is 0 Å². The fourth-order valence-electron chi connectivity index (χ4n) is 4.48. The molecule has 1 aliphatic heterocycles. The van der Waals surface area contributed by atoms with Gasteiger partial charge in [0.05, 0.1) is 28.6 Å². The number of sulfonamides is 1. The van der Waals surface area contributed by atoms with E-state index in [2.05, 4.69) is 0 Å². The first-order valence-corrected chi connectivity index (χ1v) is 12.5. The lowest BCUT2D eigenvalue weighted by Gasteiger charge is -2.36. The van der Waals surface area contributed by atoms with Crippen molar-refractivity contribution in [3.05, 3.63) is 77.9 Å². The zero-order chi connectivity index (χ0) is 26.7. The predicted octanol–water partition coefficient (Wildman–Crippen LogP) is 5.33. The maximum atomic E-state index is 14.4. The third-order valence-electron chi connectivity index (χ3n) is 6.48. The summed E-state index contributed by atoms with van der Waals surface area (Å²) in [5.41, 5.74) is -1.31. The molecule has 194 valence electrons. The minimum Gasteiger partial charge on any atom is -0.486 e. The lowest BCUT2D eigenvalue weighted by atomic mass is 10.0. The Kier molecular flexibility index (Phi) is 5.89. The number of halogens is 5. The van der Waals surface area contributed by atoms with Gasteiger partial charge in [0.15, 0.2) is 0 Å². The molecule has 3 aromatic carbocycles. The molecule has 1 fully saturated rings. The molecule has 0 amide bonds. The summed E-state index contributed by atoms with van der Waals surface area (Å²) >= 11 is 0. The van der Waals surface area contributed by atoms with Gasteiger partial charge in [-0.15, -0.1) is 0 Å². The lowest BCUT2D eigenvalue weighted by molar-refractivity contribution is -0.139. The van der Waals surface area contributed by atoms with Crippen LogP contribution in [0.3, 0.4) is 0 Å². The van der Waals surface area contributed by atoms with Crippen molar-refractivity contribution in [2.75, 3.05) is 10.8 Å². The molecule has 0 saturated heterocycles. The van der Waals surface area contributed by atoms with Crippen molar-refractivity contribution in [1.82, 2.24) is 0 Å². The second kappa shape index (κ2) is 8.72. The average molecular weight is 539 g/mol. The highest BCUT2D eigenvalue weighted by Gasteiger charge is 2.52. The molecule has 0 spiro atoms. The topological polar surface area (TPSA) is 83.9 Å². The molecule has 1 N–H and O–H groups in total. The number of fused-ring (bicyclic) bond motifs is 1. The minimum absolute atomic E-state index is 0.0170. The molecule has 0 radical (unpaired) electrons. The molecule has 12 heteroatoms. The first-order valence-electron chi connectivity index (χ1n) is 11.0. The fraction of sp³-hybridized carbons (Fsp3) is 0.240. The molecular weight excluding hydrogens is 521 g/mol. The predicted molar refractivity (Wildman–Crippen MR) is 121 cm³/mol. The van der Waals surface area contributed by atoms with Crippen LogP contribution < -0.4 is 9.04 Å². The van der Waals surface area contributed by atoms with Crippen molar-refractivity contribution in [1.29, 1.82) is 0 Å². The highest BCUT2D eigenvalue weighted by Crippen LogP contribution is 2.48. The lowest BCUT2D eigenvalue weighted by Crippen LogP contribution is -2.45. The zero-order valence-corrected chi connectivity index (χ0v) is 19.6. The number of hydrogen-bond acceptors (Lipinski definition) is 4. The van der Waals surface area contributed by atoms with E-state index >= 15 is 0 Å². The molecule has 0 bridgehead atoms. The summed E-state index contributed by atoms with van der Waals surface area (Å²) < 4.78 is 102. The molecule has 5 rings (SSSR count). The largest absolute Gasteiger partial charge is 0.486 e. The van der Waals surface area contributed by atoms with Crippen LogP contribution in [0.1, 0.15) is 12.0 Å². The molecular formula is C25H18F5NO5S. The summed E-state index contributed by atoms with van der Waals surface area (Å²) in [5, 5.41) is 9.31. The van der Waals surface area contributed by atoms with Gasteiger partial charge in [0.25, 0.3) is 10.0 Å². The Morgan fingerprint density at radius 1 is 1.03 bits per heavy atom. The van der Waals surface area contributed by atoms with Gasteiger partial charge in [0.1, 0.15) is 23.5 Å². The van der Waals surface area contributed by atoms with Crippen LogP contribution in [0.4, 0.5) is 27.6 Å². The number of hydrogen-bond donors (Lipinski definition) is 1. The first-order chi connectivity index (χ1) is 17.4. The van der Waals surface area contributed by atoms with Gasteiger partial charge in [-0.05, 0) is 60.5 Å². The van der Waals surface area contributed by atoms with Crippen LogP contribution in [0, 0.1) is 23.5 Å². The van der Waals surface area contributed by atoms with Crippen LogP contribution in [0.2, 0.25) is 0 Å². The molecule has 37 heavy (non-hydrogen) atoms. The van der Waals surface area contributed by atoms with Crippen LogP contribution >= 0.6 is 0 Å². The fourth-order valence-corrected chi connectivity index (χ4v) is 6.01. The summed E-state index contributed by atoms with van der Waals surface area (Å²) in [6.45, 7) is -0.380. The first kappa shape index (κ1) is 25.0. The maximum absolute atomic E-state index is 14.4. The second-order valence-corrected chi connectivity index (χ2v) is 10.7. The Morgan fingerprint density at radius 2 is 1.78 bits per heavy atom. The van der Waals surface area contributed by atoms with Crippen molar-refractivity contribution >= 4 is 21.7 Å². The number of rotatable bonds is 5. The van der Waals surface area contributed by atoms with Gasteiger partial charge in [0.2, 0.25) is 0 Å². The average Bonchev–Trinajstić information content (AvgIpc) is 3.65. The van der Waals surface area contributed by atoms with Crippen LogP contribution in [0.5, 0.6) is 5.75 Å². The molecule has 1 aliphatic carbocycles. The van der Waals surface area contributed by atoms with E-state index in [4.69, 9.17) is 4.74 Å². The molecule has 6 nitrogen and oxygen atoms in total. The number of alkyl halides is 3. The van der Waals surface area contributed by atoms with E-state index in [-0.39, 0.29) is 35.5 Å². The van der Waals surface area contributed by atoms with E-state index in [1.165, 1.54) is 18.2 Å². The van der Waals surface area contributed by atoms with Crippen molar-refractivity contribution in [3.63, 3.8) is 0 Å². The Bertz CT molecular complexity index is 1510. The number of anilines is 1. The SMILES string of the molecule is O=C(O)[C@@H]1C[C@H]1C1CN(S(=O)(=O)c2cccc(C(F)(F)F)c2)c2cc(-c3cc(F)ccc3F)ccc2O1. The zero-order valence-electron chi connectivity index (χ0n) is 18.7. The second-order valence-electron chi connectivity index (χ2n) is 8.87. The van der Waals surface area contributed by atoms with Gasteiger partial charge >= 0.3 is 12.1 Å². The van der Waals surface area contributed by atoms with Crippen LogP contribution in [0.25, 0.3) is 11.1 Å². The molecule has 1 unspecified atom stereocenters. The smallest absolute Gasteiger partial charge is 0.416 e. The third kappa shape index (κ3) is 4.61. The van der Waals surface area contributed by atoms with Gasteiger partial charge in [-0.3, -0.25) is 9.10 Å². The number of carbonyl (C=O) groups is 1. The van der Waals surface area contributed by atoms with Crippen LogP contribution in [-0.2, 0) is 21.0 Å². The Labute approximate surface area is 208 Å². The minimum atomic E-state index is -4.79. The summed E-state index contributed by atoms with van der Waals surface area (Å²) in [6, 6.07) is 9.96. The molecule has 1 saturated carbocycles. The number of carboxylic acids is 1. The standard InChI is InChI=1S/C25H18F5NO5S/c26-15-5-6-20(27)17(10-15)13-4-7-22-21(8-13)31(12-23(36-22)18-11-19(18)24(32)33)37(34,35)16-3-1-2-14(9-16)25(28,29)30/h1-10,18-19,23H,11-12H2,(H,32,33)/t18-,19-,23?/m1/s1. The maximum Gasteiger partial charge on any atom is 0.416 e. The Balaban J connectivity index is 1.62. The number of ether oxygens (including phenoxy) is 1. The molecule has 0 aromatic heterocycles. The Hall–Kier alpha value is -3.67. The van der Waals surface area contributed by atoms with Gasteiger partial charge in [-0.25, -0.2) is 17.2 Å². The van der Waals surface area contributed by atoms with Crippen LogP contribution in [0.15, 0.2) is 65.6 Å². The quantitative estimate of drug-likeness (QED) is 0.444. The van der Waals surface area contributed by atoms with Gasteiger partial charge in [-0.2, -0.15) is 13.2 Å². The summed E-state index contributed by atoms with van der Waals surface area (Å²) in [4.78, 5) is 10.8. The summed E-state index contributed by atoms with van der Waals surface area (Å²) in [6.07, 6.45) is -5.42. The molecule has 2 aliphatic rings. The van der Waals surface area contributed by atoms with Crippen molar-refractivity contribution in [2.24, 2.45) is 11.8 Å². The normalized spacial score (nSPS) is 21.2. The van der Waals surface area contributed by atoms with Crippen LogP contribution in [-0.4, -0.2) is 32.1 Å². The monoisotopic (exact) mass is 539 g/mol. The van der Waals surface area contributed by atoms with Crippen molar-refractivity contribution in [3.8, 4) is 16.9 Å². The van der Waals surface area contributed by atoms with Gasteiger partial charge in [-0.1, -0.05) is 12.1 Å². The third-order valence-corrected chi connectivity index (χ3v) is 8.25. The van der Waals surface area contributed by atoms with E-state index in [0.29, 0.717) is 6.07 Å². The molecule has 1 heterocycles. The van der Waals surface area contributed by atoms with E-state index < -0.39 is 62.2 Å². The number of carboxylic acid groups (broad SMARTS) is 1. The van der Waals surface area contributed by atoms with Crippen molar-refractivity contribution in [2.45, 2.75) is 23.6 Å². The van der Waals surface area contributed by atoms with Gasteiger partial charge in [0, 0.05) is 11.5 Å². The van der Waals surface area contributed by atoms with Crippen molar-refractivity contribution < 1.29 is 45.0 Å². The Morgan fingerprint density at radius 3 is 2.46 bits per heavy atom. The number of nitrogens with zero attached hydrogens (tertiary/aromatic N) is 1. The van der Waals surface area contributed by atoms with Gasteiger partial charge < -0.3 is 9.84 Å². The summed E-state index contributed by atoms with van der Waals surface area (Å²) in [5.74, 6) is -3.81. The van der Waals surface area contributed by atoms with E-state index in [9.17, 15) is 40.3 Å². The number of benzene rings is 3. The molecule has 3 aromatic rings. The van der Waals surface area contributed by atoms with E-state index in [0.717, 1.165) is 40.7 Å². The number of aliphatic carboxylic acids is 1.